The van der Waals surface area contributed by atoms with E-state index < -0.39 is 6.23 Å². The van der Waals surface area contributed by atoms with Gasteiger partial charge in [0.15, 0.2) is 6.29 Å². The molecule has 0 saturated heterocycles. The molecule has 1 aliphatic rings. The molecule has 2 rings (SSSR count). The Labute approximate surface area is 83.1 Å². The van der Waals surface area contributed by atoms with Crippen molar-refractivity contribution in [3.05, 3.63) is 23.8 Å². The van der Waals surface area contributed by atoms with Crippen LogP contribution in [-0.4, -0.2) is 12.5 Å². The first-order chi connectivity index (χ1) is 6.72. The standard InChI is InChI=1S/C11H13NO2/c1-7(2)8-4-3-5-9-11(8)14-10(6-13)12-9/h3-7,10,12H,1-2H3. The average Bonchev–Trinajstić information content (AvgIpc) is 2.59. The minimum atomic E-state index is -0.523. The molecule has 0 bridgehead atoms. The van der Waals surface area contributed by atoms with Crippen LogP contribution in [0.4, 0.5) is 5.69 Å². The monoisotopic (exact) mass is 191 g/mol. The normalized spacial score (nSPS) is 18.6. The highest BCUT2D eigenvalue weighted by Gasteiger charge is 2.24. The van der Waals surface area contributed by atoms with Crippen molar-refractivity contribution in [1.29, 1.82) is 0 Å². The number of carbonyl (C=O) groups excluding carboxylic acids is 1. The number of aldehydes is 1. The third kappa shape index (κ3) is 1.35. The van der Waals surface area contributed by atoms with Crippen molar-refractivity contribution in [2.45, 2.75) is 26.0 Å². The second kappa shape index (κ2) is 3.33. The van der Waals surface area contributed by atoms with Crippen LogP contribution in [0.15, 0.2) is 18.2 Å². The molecular formula is C11H13NO2. The average molecular weight is 191 g/mol. The summed E-state index contributed by atoms with van der Waals surface area (Å²) in [5, 5.41) is 2.99. The van der Waals surface area contributed by atoms with E-state index in [4.69, 9.17) is 4.74 Å². The first-order valence-electron chi connectivity index (χ1n) is 4.73. The first kappa shape index (κ1) is 9.06. The van der Waals surface area contributed by atoms with Crippen LogP contribution in [0.2, 0.25) is 0 Å². The Morgan fingerprint density at radius 2 is 2.29 bits per heavy atom. The van der Waals surface area contributed by atoms with Gasteiger partial charge in [0.1, 0.15) is 5.75 Å². The molecule has 3 nitrogen and oxygen atoms in total. The molecule has 1 heterocycles. The van der Waals surface area contributed by atoms with Crippen LogP contribution >= 0.6 is 0 Å². The molecule has 1 atom stereocenters. The Bertz CT molecular complexity index is 360. The van der Waals surface area contributed by atoms with Crippen molar-refractivity contribution in [2.75, 3.05) is 5.32 Å². The Morgan fingerprint density at radius 3 is 2.93 bits per heavy atom. The molecule has 0 aromatic heterocycles. The summed E-state index contributed by atoms with van der Waals surface area (Å²) in [7, 11) is 0. The lowest BCUT2D eigenvalue weighted by Crippen LogP contribution is -2.21. The Balaban J connectivity index is 2.41. The molecule has 0 spiro atoms. The summed E-state index contributed by atoms with van der Waals surface area (Å²) in [6.45, 7) is 4.21. The van der Waals surface area contributed by atoms with Crippen LogP contribution in [0.3, 0.4) is 0 Å². The van der Waals surface area contributed by atoms with E-state index in [1.165, 1.54) is 0 Å². The van der Waals surface area contributed by atoms with Crippen molar-refractivity contribution >= 4 is 12.0 Å². The van der Waals surface area contributed by atoms with Gasteiger partial charge in [0.2, 0.25) is 6.23 Å². The van der Waals surface area contributed by atoms with Crippen LogP contribution in [0.25, 0.3) is 0 Å². The van der Waals surface area contributed by atoms with Gasteiger partial charge in [0.05, 0.1) is 5.69 Å². The molecule has 0 aliphatic carbocycles. The van der Waals surface area contributed by atoms with Crippen molar-refractivity contribution in [3.8, 4) is 5.75 Å². The number of fused-ring (bicyclic) bond motifs is 1. The van der Waals surface area contributed by atoms with E-state index in [9.17, 15) is 4.79 Å². The fraction of sp³-hybridized carbons (Fsp3) is 0.364. The summed E-state index contributed by atoms with van der Waals surface area (Å²) in [5.74, 6) is 1.22. The number of hydrogen-bond donors (Lipinski definition) is 1. The Kier molecular flexibility index (Phi) is 2.15. The molecular weight excluding hydrogens is 178 g/mol. The number of para-hydroxylation sites is 1. The van der Waals surface area contributed by atoms with E-state index >= 15 is 0 Å². The summed E-state index contributed by atoms with van der Waals surface area (Å²) in [6, 6.07) is 5.92. The van der Waals surface area contributed by atoms with Crippen LogP contribution in [0.1, 0.15) is 25.3 Å². The lowest BCUT2D eigenvalue weighted by molar-refractivity contribution is -0.112. The number of nitrogens with one attached hydrogen (secondary N) is 1. The Hall–Kier alpha value is -1.51. The van der Waals surface area contributed by atoms with E-state index in [0.717, 1.165) is 23.3 Å². The van der Waals surface area contributed by atoms with Crippen LogP contribution in [0, 0.1) is 0 Å². The lowest BCUT2D eigenvalue weighted by atomic mass is 10.0. The van der Waals surface area contributed by atoms with Gasteiger partial charge in [-0.3, -0.25) is 4.79 Å². The maximum atomic E-state index is 10.6. The highest BCUT2D eigenvalue weighted by atomic mass is 16.5. The van der Waals surface area contributed by atoms with Crippen LogP contribution in [-0.2, 0) is 4.79 Å². The fourth-order valence-electron chi connectivity index (χ4n) is 1.63. The van der Waals surface area contributed by atoms with Gasteiger partial charge >= 0.3 is 0 Å². The molecule has 14 heavy (non-hydrogen) atoms. The lowest BCUT2D eigenvalue weighted by Gasteiger charge is -2.09. The van der Waals surface area contributed by atoms with Crippen molar-refractivity contribution < 1.29 is 9.53 Å². The summed E-state index contributed by atoms with van der Waals surface area (Å²) in [4.78, 5) is 10.6. The molecule has 0 saturated carbocycles. The van der Waals surface area contributed by atoms with E-state index in [2.05, 4.69) is 19.2 Å². The molecule has 0 fully saturated rings. The smallest absolute Gasteiger partial charge is 0.226 e. The minimum Gasteiger partial charge on any atom is -0.461 e. The molecule has 3 heteroatoms. The number of benzene rings is 1. The van der Waals surface area contributed by atoms with Gasteiger partial charge in [0.25, 0.3) is 0 Å². The summed E-state index contributed by atoms with van der Waals surface area (Å²) in [5.41, 5.74) is 2.05. The van der Waals surface area contributed by atoms with E-state index in [-0.39, 0.29) is 0 Å². The molecule has 0 amide bonds. The zero-order valence-electron chi connectivity index (χ0n) is 8.28. The second-order valence-electron chi connectivity index (χ2n) is 3.70. The number of ether oxygens (including phenoxy) is 1. The maximum absolute atomic E-state index is 10.6. The molecule has 0 radical (unpaired) electrons. The summed E-state index contributed by atoms with van der Waals surface area (Å²) < 4.78 is 5.47. The predicted octanol–water partition coefficient (Wildman–Crippen LogP) is 2.14. The van der Waals surface area contributed by atoms with Crippen LogP contribution in [0.5, 0.6) is 5.75 Å². The molecule has 1 aromatic rings. The SMILES string of the molecule is CC(C)c1cccc2c1OC(C=O)N2. The Morgan fingerprint density at radius 1 is 1.50 bits per heavy atom. The van der Waals surface area contributed by atoms with Gasteiger partial charge < -0.3 is 10.1 Å². The van der Waals surface area contributed by atoms with Gasteiger partial charge in [-0.2, -0.15) is 0 Å². The van der Waals surface area contributed by atoms with Crippen LogP contribution < -0.4 is 10.1 Å². The van der Waals surface area contributed by atoms with E-state index in [1.54, 1.807) is 0 Å². The number of anilines is 1. The van der Waals surface area contributed by atoms with Crippen molar-refractivity contribution in [3.63, 3.8) is 0 Å². The number of carbonyl (C=O) groups is 1. The topological polar surface area (TPSA) is 38.3 Å². The van der Waals surface area contributed by atoms with Crippen molar-refractivity contribution in [1.82, 2.24) is 0 Å². The number of rotatable bonds is 2. The quantitative estimate of drug-likeness (QED) is 0.728. The third-order valence-electron chi connectivity index (χ3n) is 2.33. The molecule has 1 unspecified atom stereocenters. The first-order valence-corrected chi connectivity index (χ1v) is 4.73. The zero-order valence-corrected chi connectivity index (χ0v) is 8.28. The van der Waals surface area contributed by atoms with Gasteiger partial charge in [-0.05, 0) is 17.5 Å². The molecule has 1 aliphatic heterocycles. The van der Waals surface area contributed by atoms with Gasteiger partial charge in [-0.15, -0.1) is 0 Å². The second-order valence-corrected chi connectivity index (χ2v) is 3.70. The van der Waals surface area contributed by atoms with Gasteiger partial charge in [-0.25, -0.2) is 0 Å². The largest absolute Gasteiger partial charge is 0.461 e. The van der Waals surface area contributed by atoms with E-state index in [0.29, 0.717) is 5.92 Å². The van der Waals surface area contributed by atoms with Gasteiger partial charge in [-0.1, -0.05) is 26.0 Å². The highest BCUT2D eigenvalue weighted by Crippen LogP contribution is 2.38. The van der Waals surface area contributed by atoms with Gasteiger partial charge in [0, 0.05) is 0 Å². The minimum absolute atomic E-state index is 0.400. The summed E-state index contributed by atoms with van der Waals surface area (Å²) in [6.07, 6.45) is 0.245. The van der Waals surface area contributed by atoms with Crippen molar-refractivity contribution in [2.24, 2.45) is 0 Å². The predicted molar refractivity (Wildman–Crippen MR) is 54.6 cm³/mol. The molecule has 1 N–H and O–H groups in total. The number of hydrogen-bond acceptors (Lipinski definition) is 3. The van der Waals surface area contributed by atoms with E-state index in [1.807, 2.05) is 18.2 Å². The molecule has 74 valence electrons. The third-order valence-corrected chi connectivity index (χ3v) is 2.33. The fourth-order valence-corrected chi connectivity index (χ4v) is 1.63. The zero-order chi connectivity index (χ0) is 10.1. The molecule has 1 aromatic carbocycles. The highest BCUT2D eigenvalue weighted by molar-refractivity contribution is 5.72. The summed E-state index contributed by atoms with van der Waals surface area (Å²) >= 11 is 0. The maximum Gasteiger partial charge on any atom is 0.226 e.